The smallest absolute Gasteiger partial charge is 0.319 e. The summed E-state index contributed by atoms with van der Waals surface area (Å²) in [5.74, 6) is -0.384. The quantitative estimate of drug-likeness (QED) is 0.861. The number of ether oxygens (including phenoxy) is 1. The standard InChI is InChI=1S/C17H18ClFN2O2/c1-17(23-2,12-7-3-5-9-14(12)19)11-20-16(22)21-15-10-6-4-8-13(15)18/h3-10H,11H2,1-2H3,(H2,20,21,22)/t17-/m1/s1. The Morgan fingerprint density at radius 2 is 1.87 bits per heavy atom. The van der Waals surface area contributed by atoms with Crippen molar-refractivity contribution in [3.8, 4) is 0 Å². The highest BCUT2D eigenvalue weighted by Gasteiger charge is 2.29. The van der Waals surface area contributed by atoms with Gasteiger partial charge in [0, 0.05) is 12.7 Å². The van der Waals surface area contributed by atoms with Gasteiger partial charge in [-0.25, -0.2) is 9.18 Å². The van der Waals surface area contributed by atoms with Gasteiger partial charge in [-0.05, 0) is 25.1 Å². The lowest BCUT2D eigenvalue weighted by atomic mass is 9.95. The van der Waals surface area contributed by atoms with E-state index in [1.165, 1.54) is 13.2 Å². The van der Waals surface area contributed by atoms with Crippen LogP contribution in [-0.4, -0.2) is 19.7 Å². The van der Waals surface area contributed by atoms with Gasteiger partial charge in [-0.2, -0.15) is 0 Å². The second kappa shape index (κ2) is 7.44. The highest BCUT2D eigenvalue weighted by Crippen LogP contribution is 2.26. The number of amides is 2. The monoisotopic (exact) mass is 336 g/mol. The van der Waals surface area contributed by atoms with Crippen molar-refractivity contribution in [1.82, 2.24) is 5.32 Å². The van der Waals surface area contributed by atoms with Gasteiger partial charge < -0.3 is 15.4 Å². The molecule has 2 aromatic rings. The number of rotatable bonds is 5. The highest BCUT2D eigenvalue weighted by molar-refractivity contribution is 6.33. The van der Waals surface area contributed by atoms with Crippen molar-refractivity contribution in [2.45, 2.75) is 12.5 Å². The molecule has 0 spiro atoms. The third-order valence-electron chi connectivity index (χ3n) is 3.60. The first-order valence-corrected chi connectivity index (χ1v) is 7.43. The molecule has 0 aliphatic heterocycles. The topological polar surface area (TPSA) is 50.4 Å². The maximum Gasteiger partial charge on any atom is 0.319 e. The van der Waals surface area contributed by atoms with Crippen LogP contribution >= 0.6 is 11.6 Å². The summed E-state index contributed by atoms with van der Waals surface area (Å²) in [5.41, 5.74) is -0.111. The lowest BCUT2D eigenvalue weighted by Crippen LogP contribution is -2.42. The molecule has 0 saturated carbocycles. The van der Waals surface area contributed by atoms with E-state index in [1.54, 1.807) is 49.4 Å². The van der Waals surface area contributed by atoms with Gasteiger partial charge in [-0.1, -0.05) is 41.9 Å². The molecule has 2 aromatic carbocycles. The number of hydrogen-bond acceptors (Lipinski definition) is 2. The molecule has 1 atom stereocenters. The Balaban J connectivity index is 2.04. The lowest BCUT2D eigenvalue weighted by molar-refractivity contribution is 0.00235. The predicted molar refractivity (Wildman–Crippen MR) is 89.2 cm³/mol. The van der Waals surface area contributed by atoms with Gasteiger partial charge in [-0.3, -0.25) is 0 Å². The van der Waals surface area contributed by atoms with Crippen LogP contribution in [0.4, 0.5) is 14.9 Å². The zero-order valence-electron chi connectivity index (χ0n) is 12.9. The number of benzene rings is 2. The van der Waals surface area contributed by atoms with Crippen molar-refractivity contribution in [3.05, 3.63) is 64.9 Å². The Hall–Kier alpha value is -2.11. The molecule has 6 heteroatoms. The second-order valence-electron chi connectivity index (χ2n) is 5.20. The summed E-state index contributed by atoms with van der Waals surface area (Å²) < 4.78 is 19.4. The first-order chi connectivity index (χ1) is 11.0. The van der Waals surface area contributed by atoms with Crippen LogP contribution in [0, 0.1) is 5.82 Å². The number of methoxy groups -OCH3 is 1. The highest BCUT2D eigenvalue weighted by atomic mass is 35.5. The Bertz CT molecular complexity index is 696. The van der Waals surface area contributed by atoms with Crippen molar-refractivity contribution in [1.29, 1.82) is 0 Å². The fourth-order valence-corrected chi connectivity index (χ4v) is 2.33. The predicted octanol–water partition coefficient (Wildman–Crippen LogP) is 4.16. The first kappa shape index (κ1) is 17.2. The average molecular weight is 337 g/mol. The number of halogens is 2. The van der Waals surface area contributed by atoms with Crippen molar-refractivity contribution in [2.75, 3.05) is 19.0 Å². The molecule has 0 aliphatic rings. The van der Waals surface area contributed by atoms with E-state index in [9.17, 15) is 9.18 Å². The van der Waals surface area contributed by atoms with Crippen molar-refractivity contribution in [2.24, 2.45) is 0 Å². The molecule has 0 bridgehead atoms. The molecule has 0 heterocycles. The van der Waals surface area contributed by atoms with E-state index in [0.717, 1.165) is 0 Å². The summed E-state index contributed by atoms with van der Waals surface area (Å²) in [6.07, 6.45) is 0. The van der Waals surface area contributed by atoms with Gasteiger partial charge in [0.15, 0.2) is 0 Å². The van der Waals surface area contributed by atoms with E-state index < -0.39 is 11.6 Å². The number of hydrogen-bond donors (Lipinski definition) is 2. The zero-order chi connectivity index (χ0) is 16.9. The van der Waals surface area contributed by atoms with Crippen molar-refractivity contribution < 1.29 is 13.9 Å². The summed E-state index contributed by atoms with van der Waals surface area (Å²) in [7, 11) is 1.47. The van der Waals surface area contributed by atoms with Gasteiger partial charge in [0.05, 0.1) is 17.3 Å². The fraction of sp³-hybridized carbons (Fsp3) is 0.235. The molecule has 0 saturated heterocycles. The number of carbonyl (C=O) groups is 1. The average Bonchev–Trinajstić information content (AvgIpc) is 2.55. The normalized spacial score (nSPS) is 13.2. The SMILES string of the molecule is CO[C@](C)(CNC(=O)Nc1ccccc1Cl)c1ccccc1F. The van der Waals surface area contributed by atoms with Crippen LogP contribution in [0.2, 0.25) is 5.02 Å². The molecular weight excluding hydrogens is 319 g/mol. The van der Waals surface area contributed by atoms with E-state index in [2.05, 4.69) is 10.6 Å². The van der Waals surface area contributed by atoms with E-state index in [0.29, 0.717) is 16.3 Å². The molecule has 0 unspecified atom stereocenters. The van der Waals surface area contributed by atoms with Crippen LogP contribution in [0.25, 0.3) is 0 Å². The number of urea groups is 1. The van der Waals surface area contributed by atoms with E-state index >= 15 is 0 Å². The number of carbonyl (C=O) groups excluding carboxylic acids is 1. The lowest BCUT2D eigenvalue weighted by Gasteiger charge is -2.29. The summed E-state index contributed by atoms with van der Waals surface area (Å²) in [4.78, 5) is 12.0. The van der Waals surface area contributed by atoms with Crippen LogP contribution in [0.5, 0.6) is 0 Å². The van der Waals surface area contributed by atoms with Gasteiger partial charge >= 0.3 is 6.03 Å². The van der Waals surface area contributed by atoms with Gasteiger partial charge in [0.2, 0.25) is 0 Å². The largest absolute Gasteiger partial charge is 0.372 e. The third kappa shape index (κ3) is 4.21. The summed E-state index contributed by atoms with van der Waals surface area (Å²) in [6, 6.07) is 12.8. The summed E-state index contributed by atoms with van der Waals surface area (Å²) in [6.45, 7) is 1.81. The minimum atomic E-state index is -0.983. The van der Waals surface area contributed by atoms with Crippen LogP contribution in [0.3, 0.4) is 0 Å². The number of nitrogens with one attached hydrogen (secondary N) is 2. The van der Waals surface area contributed by atoms with Gasteiger partial charge in [0.1, 0.15) is 11.4 Å². The number of anilines is 1. The first-order valence-electron chi connectivity index (χ1n) is 7.06. The zero-order valence-corrected chi connectivity index (χ0v) is 13.7. The van der Waals surface area contributed by atoms with Crippen LogP contribution in [0.1, 0.15) is 12.5 Å². The molecule has 0 fully saturated rings. The molecule has 0 aliphatic carbocycles. The van der Waals surface area contributed by atoms with Crippen molar-refractivity contribution in [3.63, 3.8) is 0 Å². The fourth-order valence-electron chi connectivity index (χ4n) is 2.15. The number of para-hydroxylation sites is 1. The Morgan fingerprint density at radius 1 is 1.22 bits per heavy atom. The van der Waals surface area contributed by atoms with Crippen LogP contribution < -0.4 is 10.6 Å². The molecule has 2 amide bonds. The Kier molecular flexibility index (Phi) is 5.58. The Labute approximate surface area is 139 Å². The summed E-state index contributed by atoms with van der Waals surface area (Å²) in [5, 5.41) is 5.75. The van der Waals surface area contributed by atoms with Crippen LogP contribution in [0.15, 0.2) is 48.5 Å². The molecule has 23 heavy (non-hydrogen) atoms. The molecule has 0 aromatic heterocycles. The molecular formula is C17H18ClFN2O2. The van der Waals surface area contributed by atoms with E-state index in [4.69, 9.17) is 16.3 Å². The van der Waals surface area contributed by atoms with E-state index in [1.807, 2.05) is 0 Å². The maximum absolute atomic E-state index is 14.0. The molecule has 4 nitrogen and oxygen atoms in total. The maximum atomic E-state index is 14.0. The van der Waals surface area contributed by atoms with Crippen molar-refractivity contribution >= 4 is 23.3 Å². The van der Waals surface area contributed by atoms with Gasteiger partial charge in [-0.15, -0.1) is 0 Å². The third-order valence-corrected chi connectivity index (χ3v) is 3.93. The molecule has 2 N–H and O–H groups in total. The minimum absolute atomic E-state index is 0.0979. The Morgan fingerprint density at radius 3 is 2.52 bits per heavy atom. The molecule has 122 valence electrons. The molecule has 0 radical (unpaired) electrons. The minimum Gasteiger partial charge on any atom is -0.372 e. The summed E-state index contributed by atoms with van der Waals surface area (Å²) >= 11 is 5.99. The second-order valence-corrected chi connectivity index (χ2v) is 5.61. The van der Waals surface area contributed by atoms with Gasteiger partial charge in [0.25, 0.3) is 0 Å². The van der Waals surface area contributed by atoms with Crippen LogP contribution in [-0.2, 0) is 10.3 Å². The molecule has 2 rings (SSSR count). The van der Waals surface area contributed by atoms with E-state index in [-0.39, 0.29) is 12.4 Å².